The van der Waals surface area contributed by atoms with Crippen molar-refractivity contribution in [1.82, 2.24) is 4.90 Å². The Balaban J connectivity index is 2.18. The number of imide groups is 1. The van der Waals surface area contributed by atoms with Gasteiger partial charge in [-0.25, -0.2) is 4.39 Å². The SMILES string of the molecule is COCCN1C(=O)S/C(=C/c2cccc(F)c2)C1=O. The number of ether oxygens (including phenoxy) is 1. The van der Waals surface area contributed by atoms with E-state index in [1.807, 2.05) is 0 Å². The van der Waals surface area contributed by atoms with E-state index in [9.17, 15) is 14.0 Å². The molecule has 6 heteroatoms. The number of thioether (sulfide) groups is 1. The Labute approximate surface area is 114 Å². The predicted molar refractivity (Wildman–Crippen MR) is 71.0 cm³/mol. The molecule has 0 atom stereocenters. The fourth-order valence-corrected chi connectivity index (χ4v) is 2.49. The fourth-order valence-electron chi connectivity index (χ4n) is 1.62. The standard InChI is InChI=1S/C13H12FNO3S/c1-18-6-5-15-12(16)11(19-13(15)17)8-9-3-2-4-10(14)7-9/h2-4,7-8H,5-6H2,1H3/b11-8+. The summed E-state index contributed by atoms with van der Waals surface area (Å²) >= 11 is 0.853. The van der Waals surface area contributed by atoms with Gasteiger partial charge in [-0.3, -0.25) is 14.5 Å². The molecular weight excluding hydrogens is 269 g/mol. The van der Waals surface area contributed by atoms with Crippen molar-refractivity contribution in [3.63, 3.8) is 0 Å². The van der Waals surface area contributed by atoms with Crippen LogP contribution >= 0.6 is 11.8 Å². The lowest BCUT2D eigenvalue weighted by Crippen LogP contribution is -2.31. The Morgan fingerprint density at radius 2 is 2.21 bits per heavy atom. The summed E-state index contributed by atoms with van der Waals surface area (Å²) in [4.78, 5) is 25.1. The van der Waals surface area contributed by atoms with Gasteiger partial charge in [-0.2, -0.15) is 0 Å². The summed E-state index contributed by atoms with van der Waals surface area (Å²) in [7, 11) is 1.50. The highest BCUT2D eigenvalue weighted by Crippen LogP contribution is 2.31. The quantitative estimate of drug-likeness (QED) is 0.796. The number of halogens is 1. The monoisotopic (exact) mass is 281 g/mol. The van der Waals surface area contributed by atoms with Crippen LogP contribution in [0.15, 0.2) is 29.2 Å². The molecular formula is C13H12FNO3S. The first-order valence-electron chi connectivity index (χ1n) is 5.61. The van der Waals surface area contributed by atoms with Crippen molar-refractivity contribution >= 4 is 29.0 Å². The van der Waals surface area contributed by atoms with Crippen molar-refractivity contribution in [2.75, 3.05) is 20.3 Å². The van der Waals surface area contributed by atoms with E-state index in [0.717, 1.165) is 16.7 Å². The summed E-state index contributed by atoms with van der Waals surface area (Å²) in [6, 6.07) is 5.85. The number of nitrogens with zero attached hydrogens (tertiary/aromatic N) is 1. The third-order valence-corrected chi connectivity index (χ3v) is 3.45. The zero-order chi connectivity index (χ0) is 13.8. The van der Waals surface area contributed by atoms with E-state index in [2.05, 4.69) is 0 Å². The number of benzene rings is 1. The zero-order valence-corrected chi connectivity index (χ0v) is 11.1. The minimum Gasteiger partial charge on any atom is -0.383 e. The largest absolute Gasteiger partial charge is 0.383 e. The molecule has 2 amide bonds. The minimum atomic E-state index is -0.382. The first-order valence-corrected chi connectivity index (χ1v) is 6.43. The van der Waals surface area contributed by atoms with Crippen molar-refractivity contribution in [3.05, 3.63) is 40.6 Å². The first kappa shape index (κ1) is 13.8. The summed E-state index contributed by atoms with van der Waals surface area (Å²) in [6.45, 7) is 0.521. The molecule has 4 nitrogen and oxygen atoms in total. The Kier molecular flexibility index (Phi) is 4.34. The van der Waals surface area contributed by atoms with Gasteiger partial charge in [-0.1, -0.05) is 12.1 Å². The van der Waals surface area contributed by atoms with Gasteiger partial charge in [0.2, 0.25) is 0 Å². The normalized spacial score (nSPS) is 17.6. The molecule has 1 aromatic rings. The molecule has 1 aromatic carbocycles. The van der Waals surface area contributed by atoms with Gasteiger partial charge in [0.15, 0.2) is 0 Å². The lowest BCUT2D eigenvalue weighted by atomic mass is 10.2. The van der Waals surface area contributed by atoms with Gasteiger partial charge < -0.3 is 4.74 Å². The van der Waals surface area contributed by atoms with Crippen LogP contribution in [0.1, 0.15) is 5.56 Å². The summed E-state index contributed by atoms with van der Waals surface area (Å²) in [6.07, 6.45) is 1.51. The second-order valence-corrected chi connectivity index (χ2v) is 4.87. The Hall–Kier alpha value is -1.66. The van der Waals surface area contributed by atoms with Crippen LogP contribution in [0.4, 0.5) is 9.18 Å². The first-order chi connectivity index (χ1) is 9.11. The molecule has 0 unspecified atom stereocenters. The molecule has 1 fully saturated rings. The van der Waals surface area contributed by atoms with Crippen molar-refractivity contribution < 1.29 is 18.7 Å². The third-order valence-electron chi connectivity index (χ3n) is 2.54. The van der Waals surface area contributed by atoms with E-state index in [-0.39, 0.29) is 23.5 Å². The molecule has 0 N–H and O–H groups in total. The number of carbonyl (C=O) groups is 2. The average molecular weight is 281 g/mol. The molecule has 0 aliphatic carbocycles. The van der Waals surface area contributed by atoms with Crippen LogP contribution in [0, 0.1) is 5.82 Å². The van der Waals surface area contributed by atoms with Gasteiger partial charge >= 0.3 is 0 Å². The van der Waals surface area contributed by atoms with Crippen molar-refractivity contribution in [1.29, 1.82) is 0 Å². The molecule has 100 valence electrons. The average Bonchev–Trinajstić information content (AvgIpc) is 2.62. The number of hydrogen-bond donors (Lipinski definition) is 0. The maximum absolute atomic E-state index is 13.0. The smallest absolute Gasteiger partial charge is 0.293 e. The zero-order valence-electron chi connectivity index (χ0n) is 10.3. The van der Waals surface area contributed by atoms with Gasteiger partial charge in [0.05, 0.1) is 18.1 Å². The minimum absolute atomic E-state index is 0.224. The van der Waals surface area contributed by atoms with Crippen LogP contribution < -0.4 is 0 Å². The van der Waals surface area contributed by atoms with Gasteiger partial charge in [-0.05, 0) is 35.5 Å². The van der Waals surface area contributed by atoms with E-state index >= 15 is 0 Å². The van der Waals surface area contributed by atoms with Gasteiger partial charge in [-0.15, -0.1) is 0 Å². The second kappa shape index (κ2) is 5.99. The van der Waals surface area contributed by atoms with Crippen molar-refractivity contribution in [2.24, 2.45) is 0 Å². The molecule has 0 radical (unpaired) electrons. The Morgan fingerprint density at radius 3 is 2.89 bits per heavy atom. The number of hydrogen-bond acceptors (Lipinski definition) is 4. The maximum atomic E-state index is 13.0. The molecule has 1 aliphatic rings. The van der Waals surface area contributed by atoms with E-state index < -0.39 is 0 Å². The highest BCUT2D eigenvalue weighted by molar-refractivity contribution is 8.18. The third kappa shape index (κ3) is 3.21. The fraction of sp³-hybridized carbons (Fsp3) is 0.231. The lowest BCUT2D eigenvalue weighted by molar-refractivity contribution is -0.123. The molecule has 0 spiro atoms. The van der Waals surface area contributed by atoms with Gasteiger partial charge in [0.25, 0.3) is 11.1 Å². The van der Waals surface area contributed by atoms with Crippen LogP contribution in [0.25, 0.3) is 6.08 Å². The number of methoxy groups -OCH3 is 1. The highest BCUT2D eigenvalue weighted by atomic mass is 32.2. The van der Waals surface area contributed by atoms with Crippen molar-refractivity contribution in [3.8, 4) is 0 Å². The van der Waals surface area contributed by atoms with Crippen LogP contribution in [0.3, 0.4) is 0 Å². The molecule has 2 rings (SSSR count). The predicted octanol–water partition coefficient (Wildman–Crippen LogP) is 2.51. The van der Waals surface area contributed by atoms with Crippen molar-refractivity contribution in [2.45, 2.75) is 0 Å². The second-order valence-electron chi connectivity index (χ2n) is 3.88. The summed E-state index contributed by atoms with van der Waals surface area (Å²) in [5, 5.41) is -0.329. The number of amides is 2. The molecule has 1 aliphatic heterocycles. The summed E-state index contributed by atoms with van der Waals surface area (Å²) in [5.41, 5.74) is 0.553. The number of carbonyl (C=O) groups excluding carboxylic acids is 2. The molecule has 1 heterocycles. The molecule has 0 aromatic heterocycles. The number of rotatable bonds is 4. The lowest BCUT2D eigenvalue weighted by Gasteiger charge is -2.10. The van der Waals surface area contributed by atoms with E-state index in [1.165, 1.54) is 25.3 Å². The Bertz CT molecular complexity index is 544. The van der Waals surface area contributed by atoms with E-state index in [4.69, 9.17) is 4.74 Å². The molecule has 0 saturated carbocycles. The summed E-state index contributed by atoms with van der Waals surface area (Å²) < 4.78 is 17.9. The van der Waals surface area contributed by atoms with Gasteiger partial charge in [0, 0.05) is 7.11 Å². The van der Waals surface area contributed by atoms with Crippen LogP contribution in [-0.4, -0.2) is 36.3 Å². The van der Waals surface area contributed by atoms with Crippen LogP contribution in [-0.2, 0) is 9.53 Å². The molecule has 1 saturated heterocycles. The van der Waals surface area contributed by atoms with Gasteiger partial charge in [0.1, 0.15) is 5.82 Å². The van der Waals surface area contributed by atoms with Crippen LogP contribution in [0.2, 0.25) is 0 Å². The molecule has 0 bridgehead atoms. The van der Waals surface area contributed by atoms with E-state index in [0.29, 0.717) is 17.1 Å². The maximum Gasteiger partial charge on any atom is 0.293 e. The Morgan fingerprint density at radius 1 is 1.42 bits per heavy atom. The molecule has 19 heavy (non-hydrogen) atoms. The topological polar surface area (TPSA) is 46.6 Å². The highest BCUT2D eigenvalue weighted by Gasteiger charge is 2.34. The van der Waals surface area contributed by atoms with E-state index in [1.54, 1.807) is 12.1 Å². The summed E-state index contributed by atoms with van der Waals surface area (Å²) in [5.74, 6) is -0.747. The van der Waals surface area contributed by atoms with Crippen LogP contribution in [0.5, 0.6) is 0 Å².